The summed E-state index contributed by atoms with van der Waals surface area (Å²) in [6, 6.07) is 12.0. The summed E-state index contributed by atoms with van der Waals surface area (Å²) in [6.07, 6.45) is 13.5. The lowest BCUT2D eigenvalue weighted by Gasteiger charge is -2.43. The van der Waals surface area contributed by atoms with Gasteiger partial charge in [-0.3, -0.25) is 4.90 Å². The normalized spacial score (nSPS) is 38.1. The standard InChI is InChI=1S/C24H34N2/c1-2-4-20(5-3-1)21-8-10-24(11-9-21)26-14-12-25(13-15-26)18-23-17-19-6-7-22(23)16-19/h1-7,19,21-24H,8-18H2. The maximum absolute atomic E-state index is 2.82. The van der Waals surface area contributed by atoms with Crippen molar-refractivity contribution in [2.45, 2.75) is 50.5 Å². The average molecular weight is 351 g/mol. The van der Waals surface area contributed by atoms with Gasteiger partial charge in [0.05, 0.1) is 0 Å². The van der Waals surface area contributed by atoms with Crippen LogP contribution in [-0.4, -0.2) is 48.6 Å². The van der Waals surface area contributed by atoms with Gasteiger partial charge in [-0.2, -0.15) is 0 Å². The van der Waals surface area contributed by atoms with E-state index < -0.39 is 0 Å². The predicted octanol–water partition coefficient (Wildman–Crippen LogP) is 4.54. The highest BCUT2D eigenvalue weighted by atomic mass is 15.3. The summed E-state index contributed by atoms with van der Waals surface area (Å²) in [5.74, 6) is 3.59. The van der Waals surface area contributed by atoms with Gasteiger partial charge in [0.15, 0.2) is 0 Å². The molecule has 1 aromatic carbocycles. The first-order chi connectivity index (χ1) is 12.8. The average Bonchev–Trinajstić information content (AvgIpc) is 3.33. The van der Waals surface area contributed by atoms with Crippen molar-refractivity contribution in [2.75, 3.05) is 32.7 Å². The summed E-state index contributed by atoms with van der Waals surface area (Å²) in [5, 5.41) is 0. The van der Waals surface area contributed by atoms with E-state index in [1.165, 1.54) is 71.2 Å². The smallest absolute Gasteiger partial charge is 0.0113 e. The lowest BCUT2D eigenvalue weighted by atomic mass is 9.81. The zero-order valence-corrected chi connectivity index (χ0v) is 16.1. The molecule has 3 atom stereocenters. The molecular weight excluding hydrogens is 316 g/mol. The van der Waals surface area contributed by atoms with Crippen molar-refractivity contribution >= 4 is 0 Å². The molecule has 5 rings (SSSR count). The fourth-order valence-corrected chi connectivity index (χ4v) is 6.25. The molecule has 2 heteroatoms. The van der Waals surface area contributed by atoms with Crippen LogP contribution in [0.25, 0.3) is 0 Å². The molecule has 2 nitrogen and oxygen atoms in total. The lowest BCUT2D eigenvalue weighted by Crippen LogP contribution is -2.52. The third-order valence-corrected chi connectivity index (χ3v) is 7.80. The third kappa shape index (κ3) is 3.51. The van der Waals surface area contributed by atoms with E-state index in [1.54, 1.807) is 5.56 Å². The number of hydrogen-bond acceptors (Lipinski definition) is 2. The highest BCUT2D eigenvalue weighted by Crippen LogP contribution is 2.43. The van der Waals surface area contributed by atoms with Crippen molar-refractivity contribution < 1.29 is 0 Å². The molecule has 26 heavy (non-hydrogen) atoms. The second-order valence-corrected chi connectivity index (χ2v) is 9.29. The Morgan fingerprint density at radius 2 is 1.58 bits per heavy atom. The van der Waals surface area contributed by atoms with Crippen molar-refractivity contribution in [2.24, 2.45) is 17.8 Å². The summed E-state index contributed by atoms with van der Waals surface area (Å²) >= 11 is 0. The zero-order valence-electron chi connectivity index (χ0n) is 16.1. The Morgan fingerprint density at radius 1 is 0.808 bits per heavy atom. The lowest BCUT2D eigenvalue weighted by molar-refractivity contribution is 0.0661. The van der Waals surface area contributed by atoms with Crippen LogP contribution in [0.2, 0.25) is 0 Å². The van der Waals surface area contributed by atoms with Crippen molar-refractivity contribution in [3.63, 3.8) is 0 Å². The van der Waals surface area contributed by atoms with Crippen LogP contribution in [0, 0.1) is 17.8 Å². The van der Waals surface area contributed by atoms with Gasteiger partial charge >= 0.3 is 0 Å². The van der Waals surface area contributed by atoms with Crippen LogP contribution in [0.1, 0.15) is 50.0 Å². The number of nitrogens with zero attached hydrogens (tertiary/aromatic N) is 2. The van der Waals surface area contributed by atoms with E-state index in [2.05, 4.69) is 52.3 Å². The van der Waals surface area contributed by atoms with Gasteiger partial charge in [-0.05, 0) is 67.8 Å². The van der Waals surface area contributed by atoms with Gasteiger partial charge in [0.1, 0.15) is 0 Å². The Hall–Kier alpha value is -1.12. The Kier molecular flexibility index (Phi) is 4.89. The molecule has 0 aromatic heterocycles. The summed E-state index contributed by atoms with van der Waals surface area (Å²) in [7, 11) is 0. The largest absolute Gasteiger partial charge is 0.300 e. The number of piperazine rings is 1. The van der Waals surface area contributed by atoms with E-state index in [-0.39, 0.29) is 0 Å². The van der Waals surface area contributed by atoms with Crippen LogP contribution in [0.4, 0.5) is 0 Å². The topological polar surface area (TPSA) is 6.48 Å². The summed E-state index contributed by atoms with van der Waals surface area (Å²) in [6.45, 7) is 6.57. The minimum Gasteiger partial charge on any atom is -0.300 e. The summed E-state index contributed by atoms with van der Waals surface area (Å²) < 4.78 is 0. The van der Waals surface area contributed by atoms with Gasteiger partial charge in [-0.15, -0.1) is 0 Å². The maximum Gasteiger partial charge on any atom is 0.0113 e. The zero-order chi connectivity index (χ0) is 17.3. The molecule has 4 aliphatic rings. The number of benzene rings is 1. The molecule has 140 valence electrons. The first-order valence-electron chi connectivity index (χ1n) is 11.0. The molecule has 3 aliphatic carbocycles. The van der Waals surface area contributed by atoms with Crippen LogP contribution < -0.4 is 0 Å². The van der Waals surface area contributed by atoms with Crippen LogP contribution >= 0.6 is 0 Å². The predicted molar refractivity (Wildman–Crippen MR) is 108 cm³/mol. The van der Waals surface area contributed by atoms with E-state index in [1.807, 2.05) is 0 Å². The molecule has 1 aromatic rings. The first-order valence-corrected chi connectivity index (χ1v) is 11.0. The molecule has 2 bridgehead atoms. The van der Waals surface area contributed by atoms with Gasteiger partial charge in [0, 0.05) is 38.8 Å². The summed E-state index contributed by atoms with van der Waals surface area (Å²) in [5.41, 5.74) is 1.57. The second kappa shape index (κ2) is 7.48. The molecule has 3 unspecified atom stereocenters. The minimum atomic E-state index is 0.805. The molecule has 0 spiro atoms. The Labute approximate surface area is 159 Å². The molecule has 3 fully saturated rings. The Bertz CT molecular complexity index is 608. The Morgan fingerprint density at radius 3 is 2.23 bits per heavy atom. The van der Waals surface area contributed by atoms with Crippen molar-refractivity contribution in [3.8, 4) is 0 Å². The molecule has 2 saturated carbocycles. The molecule has 0 radical (unpaired) electrons. The first kappa shape index (κ1) is 17.0. The van der Waals surface area contributed by atoms with E-state index in [4.69, 9.17) is 0 Å². The van der Waals surface area contributed by atoms with Crippen LogP contribution in [0.5, 0.6) is 0 Å². The van der Waals surface area contributed by atoms with Gasteiger partial charge in [-0.25, -0.2) is 0 Å². The van der Waals surface area contributed by atoms with Gasteiger partial charge in [0.2, 0.25) is 0 Å². The summed E-state index contributed by atoms with van der Waals surface area (Å²) in [4.78, 5) is 5.59. The molecule has 1 aliphatic heterocycles. The molecule has 0 N–H and O–H groups in total. The molecule has 1 heterocycles. The monoisotopic (exact) mass is 350 g/mol. The van der Waals surface area contributed by atoms with Gasteiger partial charge in [-0.1, -0.05) is 42.5 Å². The highest BCUT2D eigenvalue weighted by Gasteiger charge is 2.37. The third-order valence-electron chi connectivity index (χ3n) is 7.80. The maximum atomic E-state index is 2.82. The number of fused-ring (bicyclic) bond motifs is 2. The van der Waals surface area contributed by atoms with Gasteiger partial charge in [0.25, 0.3) is 0 Å². The molecule has 1 saturated heterocycles. The highest BCUT2D eigenvalue weighted by molar-refractivity contribution is 5.20. The number of hydrogen-bond donors (Lipinski definition) is 0. The van der Waals surface area contributed by atoms with E-state index >= 15 is 0 Å². The van der Waals surface area contributed by atoms with E-state index in [9.17, 15) is 0 Å². The fourth-order valence-electron chi connectivity index (χ4n) is 6.25. The van der Waals surface area contributed by atoms with E-state index in [0.717, 1.165) is 29.7 Å². The van der Waals surface area contributed by atoms with Crippen LogP contribution in [0.15, 0.2) is 42.5 Å². The molecule has 0 amide bonds. The van der Waals surface area contributed by atoms with E-state index in [0.29, 0.717) is 0 Å². The SMILES string of the molecule is C1=CC2CC1CC2CN1CCN(C2CCC(c3ccccc3)CC2)CC1. The quantitative estimate of drug-likeness (QED) is 0.736. The second-order valence-electron chi connectivity index (χ2n) is 9.29. The van der Waals surface area contributed by atoms with Crippen molar-refractivity contribution in [3.05, 3.63) is 48.0 Å². The van der Waals surface area contributed by atoms with Crippen LogP contribution in [-0.2, 0) is 0 Å². The number of rotatable bonds is 4. The minimum absolute atomic E-state index is 0.805. The van der Waals surface area contributed by atoms with Crippen molar-refractivity contribution in [1.29, 1.82) is 0 Å². The van der Waals surface area contributed by atoms with Crippen LogP contribution in [0.3, 0.4) is 0 Å². The molecular formula is C24H34N2. The Balaban J connectivity index is 1.07. The fraction of sp³-hybridized carbons (Fsp3) is 0.667. The van der Waals surface area contributed by atoms with Crippen molar-refractivity contribution in [1.82, 2.24) is 9.80 Å². The number of allylic oxidation sites excluding steroid dienone is 2. The van der Waals surface area contributed by atoms with Gasteiger partial charge < -0.3 is 4.90 Å².